The molecule has 0 bridgehead atoms. The van der Waals surface area contributed by atoms with E-state index in [1.165, 1.54) is 4.31 Å². The minimum atomic E-state index is -3.62. The van der Waals surface area contributed by atoms with Crippen molar-refractivity contribution in [1.82, 2.24) is 14.5 Å². The average Bonchev–Trinajstić information content (AvgIpc) is 2.71. The molecule has 0 saturated carbocycles. The largest absolute Gasteiger partial charge is 0.346 e. The summed E-state index contributed by atoms with van der Waals surface area (Å²) in [4.78, 5) is 25.0. The second-order valence-electron chi connectivity index (χ2n) is 6.27. The number of hydrogen-bond acceptors (Lipinski definition) is 5. The molecule has 10 heteroatoms. The lowest BCUT2D eigenvalue weighted by Gasteiger charge is -2.34. The van der Waals surface area contributed by atoms with Gasteiger partial charge < -0.3 is 16.0 Å². The van der Waals surface area contributed by atoms with Gasteiger partial charge in [-0.3, -0.25) is 9.59 Å². The van der Waals surface area contributed by atoms with E-state index >= 15 is 0 Å². The van der Waals surface area contributed by atoms with Crippen LogP contribution in [-0.2, 0) is 19.6 Å². The lowest BCUT2D eigenvalue weighted by molar-refractivity contribution is -0.133. The zero-order valence-electron chi connectivity index (χ0n) is 15.2. The van der Waals surface area contributed by atoms with Crippen LogP contribution >= 0.6 is 12.4 Å². The highest BCUT2D eigenvalue weighted by Gasteiger charge is 2.30. The Hall–Kier alpha value is -2.20. The Morgan fingerprint density at radius 2 is 1.64 bits per heavy atom. The summed E-state index contributed by atoms with van der Waals surface area (Å²) >= 11 is 0. The fourth-order valence-electron chi connectivity index (χ4n) is 3.01. The van der Waals surface area contributed by atoms with Gasteiger partial charge in [-0.1, -0.05) is 30.3 Å². The maximum Gasteiger partial charge on any atom is 0.243 e. The molecule has 1 heterocycles. The van der Waals surface area contributed by atoms with Crippen LogP contribution in [0.25, 0.3) is 10.8 Å². The Morgan fingerprint density at radius 1 is 1.00 bits per heavy atom. The molecule has 8 nitrogen and oxygen atoms in total. The van der Waals surface area contributed by atoms with E-state index in [-0.39, 0.29) is 62.5 Å². The maximum atomic E-state index is 12.9. The van der Waals surface area contributed by atoms with Gasteiger partial charge in [0.15, 0.2) is 0 Å². The Kier molecular flexibility index (Phi) is 7.36. The molecule has 0 aliphatic carbocycles. The van der Waals surface area contributed by atoms with Crippen molar-refractivity contribution in [3.8, 4) is 0 Å². The van der Waals surface area contributed by atoms with E-state index in [0.29, 0.717) is 0 Å². The number of carbonyl (C=O) groups is 2. The van der Waals surface area contributed by atoms with Crippen LogP contribution in [0.4, 0.5) is 0 Å². The maximum absolute atomic E-state index is 12.9. The van der Waals surface area contributed by atoms with Crippen molar-refractivity contribution in [1.29, 1.82) is 0 Å². The van der Waals surface area contributed by atoms with E-state index in [1.54, 1.807) is 23.1 Å². The first kappa shape index (κ1) is 22.1. The molecule has 1 aliphatic rings. The number of sulfonamides is 1. The van der Waals surface area contributed by atoms with E-state index in [4.69, 9.17) is 5.73 Å². The number of nitrogens with two attached hydrogens (primary N) is 1. The first-order valence-corrected chi connectivity index (χ1v) is 10.1. The summed E-state index contributed by atoms with van der Waals surface area (Å²) < 4.78 is 27.2. The first-order valence-electron chi connectivity index (χ1n) is 8.65. The third-order valence-corrected chi connectivity index (χ3v) is 6.47. The molecule has 2 aromatic rings. The molecule has 28 heavy (non-hydrogen) atoms. The molecular weight excluding hydrogens is 404 g/mol. The number of amides is 2. The summed E-state index contributed by atoms with van der Waals surface area (Å²) in [6.45, 7) is 0.685. The highest BCUT2D eigenvalue weighted by atomic mass is 35.5. The molecule has 152 valence electrons. The second-order valence-corrected chi connectivity index (χ2v) is 8.21. The highest BCUT2D eigenvalue weighted by molar-refractivity contribution is 7.89. The molecular formula is C18H23ClN4O4S. The van der Waals surface area contributed by atoms with Gasteiger partial charge in [-0.05, 0) is 22.9 Å². The molecule has 0 atom stereocenters. The van der Waals surface area contributed by atoms with Crippen molar-refractivity contribution in [2.75, 3.05) is 39.3 Å². The van der Waals surface area contributed by atoms with Crippen LogP contribution in [0.2, 0.25) is 0 Å². The standard InChI is InChI=1S/C18H22N4O4S.ClH/c19-12-17(23)20-13-18(24)21-7-9-22(10-8-21)27(25,26)16-6-5-14-3-1-2-4-15(14)11-16;/h1-6,11H,7-10,12-13,19H2,(H,20,23);1H. The van der Waals surface area contributed by atoms with Gasteiger partial charge >= 0.3 is 0 Å². The van der Waals surface area contributed by atoms with Gasteiger partial charge in [0.05, 0.1) is 18.0 Å². The van der Waals surface area contributed by atoms with Crippen molar-refractivity contribution < 1.29 is 18.0 Å². The molecule has 1 fully saturated rings. The number of benzene rings is 2. The normalized spacial score (nSPS) is 15.1. The van der Waals surface area contributed by atoms with E-state index in [1.807, 2.05) is 24.3 Å². The Labute approximate surface area is 170 Å². The summed E-state index contributed by atoms with van der Waals surface area (Å²) in [5, 5.41) is 4.27. The molecule has 0 radical (unpaired) electrons. The van der Waals surface area contributed by atoms with Crippen LogP contribution in [0.15, 0.2) is 47.4 Å². The van der Waals surface area contributed by atoms with Crippen LogP contribution in [0.1, 0.15) is 0 Å². The van der Waals surface area contributed by atoms with Gasteiger partial charge in [0, 0.05) is 26.2 Å². The monoisotopic (exact) mass is 426 g/mol. The number of carbonyl (C=O) groups excluding carboxylic acids is 2. The number of halogens is 1. The molecule has 0 spiro atoms. The average molecular weight is 427 g/mol. The minimum absolute atomic E-state index is 0. The summed E-state index contributed by atoms with van der Waals surface area (Å²) in [6.07, 6.45) is 0. The lowest BCUT2D eigenvalue weighted by Crippen LogP contribution is -2.52. The number of piperazine rings is 1. The van der Waals surface area contributed by atoms with Crippen LogP contribution in [-0.4, -0.2) is 68.7 Å². The van der Waals surface area contributed by atoms with Gasteiger partial charge in [0.2, 0.25) is 21.8 Å². The fourth-order valence-corrected chi connectivity index (χ4v) is 4.47. The van der Waals surface area contributed by atoms with Crippen LogP contribution in [0.3, 0.4) is 0 Å². The molecule has 3 rings (SSSR count). The van der Waals surface area contributed by atoms with Crippen molar-refractivity contribution in [2.45, 2.75) is 4.90 Å². The fraction of sp³-hybridized carbons (Fsp3) is 0.333. The Balaban J connectivity index is 0.00000280. The molecule has 2 aromatic carbocycles. The van der Waals surface area contributed by atoms with Crippen LogP contribution in [0, 0.1) is 0 Å². The predicted molar refractivity (Wildman–Crippen MR) is 109 cm³/mol. The van der Waals surface area contributed by atoms with E-state index in [2.05, 4.69) is 5.32 Å². The van der Waals surface area contributed by atoms with Crippen molar-refractivity contribution in [2.24, 2.45) is 5.73 Å². The van der Waals surface area contributed by atoms with Gasteiger partial charge in [-0.25, -0.2) is 8.42 Å². The summed E-state index contributed by atoms with van der Waals surface area (Å²) in [6, 6.07) is 12.7. The van der Waals surface area contributed by atoms with Crippen LogP contribution in [0.5, 0.6) is 0 Å². The lowest BCUT2D eigenvalue weighted by atomic mass is 10.1. The van der Waals surface area contributed by atoms with Gasteiger partial charge in [-0.15, -0.1) is 12.4 Å². The van der Waals surface area contributed by atoms with Crippen molar-refractivity contribution >= 4 is 45.0 Å². The number of rotatable bonds is 5. The third kappa shape index (κ3) is 4.79. The zero-order chi connectivity index (χ0) is 19.4. The first-order chi connectivity index (χ1) is 12.9. The smallest absolute Gasteiger partial charge is 0.243 e. The molecule has 1 saturated heterocycles. The molecule has 2 amide bonds. The summed E-state index contributed by atoms with van der Waals surface area (Å²) in [7, 11) is -3.62. The SMILES string of the molecule is Cl.NCC(=O)NCC(=O)N1CCN(S(=O)(=O)c2ccc3ccccc3c2)CC1. The zero-order valence-corrected chi connectivity index (χ0v) is 16.8. The highest BCUT2D eigenvalue weighted by Crippen LogP contribution is 2.22. The Morgan fingerprint density at radius 3 is 2.29 bits per heavy atom. The number of fused-ring (bicyclic) bond motifs is 1. The van der Waals surface area contributed by atoms with E-state index in [9.17, 15) is 18.0 Å². The van der Waals surface area contributed by atoms with Gasteiger partial charge in [0.25, 0.3) is 0 Å². The van der Waals surface area contributed by atoms with E-state index in [0.717, 1.165) is 10.8 Å². The number of nitrogens with one attached hydrogen (secondary N) is 1. The minimum Gasteiger partial charge on any atom is -0.346 e. The molecule has 3 N–H and O–H groups in total. The molecule has 0 aromatic heterocycles. The van der Waals surface area contributed by atoms with Crippen molar-refractivity contribution in [3.63, 3.8) is 0 Å². The van der Waals surface area contributed by atoms with Gasteiger partial charge in [0.1, 0.15) is 0 Å². The molecule has 0 unspecified atom stereocenters. The van der Waals surface area contributed by atoms with Gasteiger partial charge in [-0.2, -0.15) is 4.31 Å². The number of nitrogens with zero attached hydrogens (tertiary/aromatic N) is 2. The third-order valence-electron chi connectivity index (χ3n) is 4.57. The van der Waals surface area contributed by atoms with Crippen LogP contribution < -0.4 is 11.1 Å². The summed E-state index contributed by atoms with van der Waals surface area (Å²) in [5.41, 5.74) is 5.18. The Bertz CT molecular complexity index is 959. The topological polar surface area (TPSA) is 113 Å². The summed E-state index contributed by atoms with van der Waals surface area (Å²) in [5.74, 6) is -0.652. The quantitative estimate of drug-likeness (QED) is 0.707. The second kappa shape index (κ2) is 9.33. The van der Waals surface area contributed by atoms with Crippen molar-refractivity contribution in [3.05, 3.63) is 42.5 Å². The molecule has 1 aliphatic heterocycles. The number of hydrogen-bond donors (Lipinski definition) is 2. The predicted octanol–water partition coefficient (Wildman–Crippen LogP) is 0.169. The van der Waals surface area contributed by atoms with E-state index < -0.39 is 15.9 Å².